The van der Waals surface area contributed by atoms with E-state index in [9.17, 15) is 9.59 Å². The lowest BCUT2D eigenvalue weighted by atomic mass is 10.1. The van der Waals surface area contributed by atoms with E-state index in [1.54, 1.807) is 12.1 Å². The molecule has 4 heteroatoms. The Hall–Kier alpha value is -1.84. The van der Waals surface area contributed by atoms with Crippen LogP contribution in [0.2, 0.25) is 0 Å². The number of ether oxygens (including phenoxy) is 2. The van der Waals surface area contributed by atoms with E-state index in [-0.39, 0.29) is 6.61 Å². The van der Waals surface area contributed by atoms with Crippen LogP contribution in [-0.2, 0) is 14.3 Å². The molecule has 1 aromatic carbocycles. The molecule has 0 aliphatic rings. The zero-order valence-electron chi connectivity index (χ0n) is 9.57. The number of carbonyl (C=O) groups excluding carboxylic acids is 2. The summed E-state index contributed by atoms with van der Waals surface area (Å²) in [6.07, 6.45) is 0. The highest BCUT2D eigenvalue weighted by atomic mass is 16.6. The molecule has 1 aromatic rings. The first-order valence-corrected chi connectivity index (χ1v) is 4.90. The maximum atomic E-state index is 11.2. The van der Waals surface area contributed by atoms with Crippen molar-refractivity contribution in [2.45, 2.75) is 20.8 Å². The second-order valence-corrected chi connectivity index (χ2v) is 3.50. The molecule has 86 valence electrons. The van der Waals surface area contributed by atoms with Crippen LogP contribution in [0, 0.1) is 13.8 Å². The third-order valence-corrected chi connectivity index (χ3v) is 2.10. The first kappa shape index (κ1) is 12.2. The number of aryl methyl sites for hydroxylation is 2. The van der Waals surface area contributed by atoms with E-state index in [0.29, 0.717) is 5.75 Å². The van der Waals surface area contributed by atoms with Crippen molar-refractivity contribution >= 4 is 11.9 Å². The Balaban J connectivity index is 2.56. The number of esters is 2. The van der Waals surface area contributed by atoms with Gasteiger partial charge in [0.05, 0.1) is 0 Å². The van der Waals surface area contributed by atoms with Crippen LogP contribution in [0.5, 0.6) is 5.75 Å². The van der Waals surface area contributed by atoms with Gasteiger partial charge in [0.15, 0.2) is 6.61 Å². The average Bonchev–Trinajstić information content (AvgIpc) is 2.21. The highest BCUT2D eigenvalue weighted by Gasteiger charge is 2.07. The third kappa shape index (κ3) is 3.73. The molecule has 0 aliphatic carbocycles. The van der Waals surface area contributed by atoms with Gasteiger partial charge in [0.1, 0.15) is 5.75 Å². The van der Waals surface area contributed by atoms with Crippen LogP contribution in [-0.4, -0.2) is 18.5 Å². The minimum Gasteiger partial charge on any atom is -0.454 e. The Morgan fingerprint density at radius 1 is 1.19 bits per heavy atom. The molecule has 0 radical (unpaired) electrons. The number of rotatable bonds is 3. The summed E-state index contributed by atoms with van der Waals surface area (Å²) in [5.41, 5.74) is 2.16. The van der Waals surface area contributed by atoms with E-state index in [4.69, 9.17) is 4.74 Å². The molecule has 0 saturated carbocycles. The molecule has 0 bridgehead atoms. The van der Waals surface area contributed by atoms with Crippen LogP contribution in [0.1, 0.15) is 18.1 Å². The van der Waals surface area contributed by atoms with Gasteiger partial charge in [-0.25, -0.2) is 4.79 Å². The van der Waals surface area contributed by atoms with Gasteiger partial charge >= 0.3 is 11.9 Å². The monoisotopic (exact) mass is 222 g/mol. The maximum absolute atomic E-state index is 11.2. The van der Waals surface area contributed by atoms with Gasteiger partial charge in [-0.05, 0) is 37.1 Å². The van der Waals surface area contributed by atoms with Gasteiger partial charge in [0.25, 0.3) is 0 Å². The lowest BCUT2D eigenvalue weighted by Gasteiger charge is -2.06. The van der Waals surface area contributed by atoms with Gasteiger partial charge < -0.3 is 9.47 Å². The SMILES string of the molecule is CC(=O)OCC(=O)Oc1ccc(C)c(C)c1. The Labute approximate surface area is 94.2 Å². The highest BCUT2D eigenvalue weighted by molar-refractivity contribution is 5.77. The lowest BCUT2D eigenvalue weighted by Crippen LogP contribution is -2.17. The summed E-state index contributed by atoms with van der Waals surface area (Å²) in [5.74, 6) is -0.629. The zero-order chi connectivity index (χ0) is 12.1. The highest BCUT2D eigenvalue weighted by Crippen LogP contribution is 2.16. The summed E-state index contributed by atoms with van der Waals surface area (Å²) in [4.78, 5) is 21.7. The fourth-order valence-electron chi connectivity index (χ4n) is 1.10. The van der Waals surface area contributed by atoms with Crippen molar-refractivity contribution in [1.82, 2.24) is 0 Å². The molecule has 0 saturated heterocycles. The summed E-state index contributed by atoms with van der Waals surface area (Å²) in [6.45, 7) is 4.78. The van der Waals surface area contributed by atoms with Crippen LogP contribution in [0.4, 0.5) is 0 Å². The molecule has 0 unspecified atom stereocenters. The van der Waals surface area contributed by atoms with E-state index in [1.165, 1.54) is 6.92 Å². The number of hydrogen-bond donors (Lipinski definition) is 0. The predicted molar refractivity (Wildman–Crippen MR) is 58.2 cm³/mol. The van der Waals surface area contributed by atoms with E-state index < -0.39 is 11.9 Å². The van der Waals surface area contributed by atoms with Gasteiger partial charge in [-0.3, -0.25) is 4.79 Å². The van der Waals surface area contributed by atoms with Crippen molar-refractivity contribution < 1.29 is 19.1 Å². The molecule has 0 aliphatic heterocycles. The number of benzene rings is 1. The van der Waals surface area contributed by atoms with Gasteiger partial charge in [-0.2, -0.15) is 0 Å². The Bertz CT molecular complexity index is 409. The molecular weight excluding hydrogens is 208 g/mol. The van der Waals surface area contributed by atoms with Crippen molar-refractivity contribution in [3.8, 4) is 5.75 Å². The van der Waals surface area contributed by atoms with Gasteiger partial charge in [-0.1, -0.05) is 6.07 Å². The molecule has 0 atom stereocenters. The van der Waals surface area contributed by atoms with Crippen molar-refractivity contribution in [1.29, 1.82) is 0 Å². The van der Waals surface area contributed by atoms with Gasteiger partial charge in [0, 0.05) is 6.92 Å². The molecule has 1 rings (SSSR count). The normalized spacial score (nSPS) is 9.69. The predicted octanol–water partition coefficient (Wildman–Crippen LogP) is 1.77. The van der Waals surface area contributed by atoms with E-state index in [1.807, 2.05) is 19.9 Å². The fourth-order valence-corrected chi connectivity index (χ4v) is 1.10. The van der Waals surface area contributed by atoms with Crippen LogP contribution in [0.15, 0.2) is 18.2 Å². The average molecular weight is 222 g/mol. The second kappa shape index (κ2) is 5.30. The fraction of sp³-hybridized carbons (Fsp3) is 0.333. The number of carbonyl (C=O) groups is 2. The largest absolute Gasteiger partial charge is 0.454 e. The molecule has 0 fully saturated rings. The molecule has 16 heavy (non-hydrogen) atoms. The molecule has 0 spiro atoms. The quantitative estimate of drug-likeness (QED) is 0.577. The topological polar surface area (TPSA) is 52.6 Å². The first-order chi connectivity index (χ1) is 7.49. The van der Waals surface area contributed by atoms with Crippen molar-refractivity contribution in [3.05, 3.63) is 29.3 Å². The number of hydrogen-bond acceptors (Lipinski definition) is 4. The third-order valence-electron chi connectivity index (χ3n) is 2.10. The van der Waals surface area contributed by atoms with Crippen LogP contribution in [0.3, 0.4) is 0 Å². The van der Waals surface area contributed by atoms with E-state index in [2.05, 4.69) is 4.74 Å². The van der Waals surface area contributed by atoms with E-state index in [0.717, 1.165) is 11.1 Å². The summed E-state index contributed by atoms with van der Waals surface area (Å²) in [7, 11) is 0. The summed E-state index contributed by atoms with van der Waals surface area (Å²) >= 11 is 0. The van der Waals surface area contributed by atoms with Crippen molar-refractivity contribution in [2.75, 3.05) is 6.61 Å². The van der Waals surface area contributed by atoms with Gasteiger partial charge in [0.2, 0.25) is 0 Å². The van der Waals surface area contributed by atoms with Crippen LogP contribution in [0.25, 0.3) is 0 Å². The zero-order valence-corrected chi connectivity index (χ0v) is 9.57. The standard InChI is InChI=1S/C12H14O4/c1-8-4-5-11(6-9(8)2)16-12(14)7-15-10(3)13/h4-6H,7H2,1-3H3. The Morgan fingerprint density at radius 2 is 1.88 bits per heavy atom. The summed E-state index contributed by atoms with van der Waals surface area (Å²) in [5, 5.41) is 0. The maximum Gasteiger partial charge on any atom is 0.349 e. The van der Waals surface area contributed by atoms with Crippen molar-refractivity contribution in [2.24, 2.45) is 0 Å². The summed E-state index contributed by atoms with van der Waals surface area (Å²) in [6, 6.07) is 5.33. The van der Waals surface area contributed by atoms with Crippen LogP contribution < -0.4 is 4.74 Å². The Kier molecular flexibility index (Phi) is 4.05. The Morgan fingerprint density at radius 3 is 2.44 bits per heavy atom. The molecule has 0 N–H and O–H groups in total. The molecule has 0 amide bonds. The molecule has 0 heterocycles. The van der Waals surface area contributed by atoms with Gasteiger partial charge in [-0.15, -0.1) is 0 Å². The molecule has 4 nitrogen and oxygen atoms in total. The minimum absolute atomic E-state index is 0.359. The minimum atomic E-state index is -0.585. The van der Waals surface area contributed by atoms with E-state index >= 15 is 0 Å². The second-order valence-electron chi connectivity index (χ2n) is 3.50. The summed E-state index contributed by atoms with van der Waals surface area (Å²) < 4.78 is 9.50. The van der Waals surface area contributed by atoms with Crippen molar-refractivity contribution in [3.63, 3.8) is 0 Å². The first-order valence-electron chi connectivity index (χ1n) is 4.90. The lowest BCUT2D eigenvalue weighted by molar-refractivity contribution is -0.152. The molecular formula is C12H14O4. The van der Waals surface area contributed by atoms with Crippen LogP contribution >= 0.6 is 0 Å². The smallest absolute Gasteiger partial charge is 0.349 e. The molecule has 0 aromatic heterocycles.